The van der Waals surface area contributed by atoms with E-state index in [0.29, 0.717) is 37.6 Å². The van der Waals surface area contributed by atoms with Gasteiger partial charge in [-0.15, -0.1) is 0 Å². The average molecular weight is 445 g/mol. The predicted octanol–water partition coefficient (Wildman–Crippen LogP) is 4.46. The topological polar surface area (TPSA) is 82.2 Å². The summed E-state index contributed by atoms with van der Waals surface area (Å²) in [5.41, 5.74) is 5.15. The van der Waals surface area contributed by atoms with Crippen LogP contribution in [0, 0.1) is 13.8 Å². The number of aromatic nitrogens is 3. The maximum Gasteiger partial charge on any atom is 0.220 e. The van der Waals surface area contributed by atoms with Crippen molar-refractivity contribution in [2.45, 2.75) is 39.8 Å². The lowest BCUT2D eigenvalue weighted by Crippen LogP contribution is -2.23. The lowest BCUT2D eigenvalue weighted by Gasteiger charge is -2.07. The maximum atomic E-state index is 12.4. The molecule has 1 amide bonds. The van der Waals surface area contributed by atoms with Crippen LogP contribution >= 0.6 is 0 Å². The number of hydrogen-bond acceptors (Lipinski definition) is 5. The Hall–Kier alpha value is -3.87. The third-order valence-corrected chi connectivity index (χ3v) is 5.66. The van der Waals surface area contributed by atoms with Crippen LogP contribution in [0.4, 0.5) is 0 Å². The number of hydrogen-bond donors (Lipinski definition) is 1. The number of nitrogens with one attached hydrogen (secondary N) is 1. The quantitative estimate of drug-likeness (QED) is 0.412. The van der Waals surface area contributed by atoms with Gasteiger partial charge < -0.3 is 14.5 Å². The van der Waals surface area contributed by atoms with Gasteiger partial charge in [-0.3, -0.25) is 9.48 Å². The highest BCUT2D eigenvalue weighted by Crippen LogP contribution is 2.23. The van der Waals surface area contributed by atoms with Crippen molar-refractivity contribution in [2.75, 3.05) is 7.11 Å². The molecule has 0 aliphatic heterocycles. The minimum absolute atomic E-state index is 0.0474. The van der Waals surface area contributed by atoms with Gasteiger partial charge in [-0.1, -0.05) is 30.3 Å². The van der Waals surface area contributed by atoms with Crippen molar-refractivity contribution in [3.05, 3.63) is 89.2 Å². The van der Waals surface area contributed by atoms with E-state index in [2.05, 4.69) is 27.5 Å². The van der Waals surface area contributed by atoms with E-state index in [1.807, 2.05) is 61.0 Å². The van der Waals surface area contributed by atoms with Crippen molar-refractivity contribution in [1.82, 2.24) is 20.1 Å². The summed E-state index contributed by atoms with van der Waals surface area (Å²) in [6.07, 6.45) is 2.43. The predicted molar refractivity (Wildman–Crippen MR) is 126 cm³/mol. The Balaban J connectivity index is 1.30. The number of amides is 1. The number of aryl methyl sites for hydroxylation is 2. The summed E-state index contributed by atoms with van der Waals surface area (Å²) in [5.74, 6) is 1.95. The number of methoxy groups -OCH3 is 1. The van der Waals surface area contributed by atoms with E-state index in [9.17, 15) is 4.79 Å². The molecule has 0 atom stereocenters. The highest BCUT2D eigenvalue weighted by molar-refractivity contribution is 5.76. The van der Waals surface area contributed by atoms with Crippen molar-refractivity contribution in [3.63, 3.8) is 0 Å². The van der Waals surface area contributed by atoms with Crippen LogP contribution in [-0.2, 0) is 24.3 Å². The molecule has 2 heterocycles. The van der Waals surface area contributed by atoms with E-state index in [0.717, 1.165) is 28.3 Å². The lowest BCUT2D eigenvalue weighted by atomic mass is 10.2. The molecule has 7 heteroatoms. The summed E-state index contributed by atoms with van der Waals surface area (Å²) in [4.78, 5) is 16.7. The smallest absolute Gasteiger partial charge is 0.220 e. The second-order valence-electron chi connectivity index (χ2n) is 7.92. The zero-order valence-corrected chi connectivity index (χ0v) is 19.2. The minimum Gasteiger partial charge on any atom is -0.497 e. The molecule has 0 saturated heterocycles. The fourth-order valence-corrected chi connectivity index (χ4v) is 3.71. The molecule has 4 aromatic rings. The Bertz CT molecular complexity index is 1210. The third kappa shape index (κ3) is 5.49. The molecule has 170 valence electrons. The molecular formula is C26H28N4O3. The number of oxazole rings is 1. The second-order valence-corrected chi connectivity index (χ2v) is 7.92. The summed E-state index contributed by atoms with van der Waals surface area (Å²) in [6, 6.07) is 17.8. The van der Waals surface area contributed by atoms with E-state index < -0.39 is 0 Å². The summed E-state index contributed by atoms with van der Waals surface area (Å²) in [7, 11) is 1.63. The van der Waals surface area contributed by atoms with Crippen LogP contribution in [0.5, 0.6) is 5.75 Å². The van der Waals surface area contributed by atoms with E-state index in [4.69, 9.17) is 9.15 Å². The van der Waals surface area contributed by atoms with Crippen molar-refractivity contribution >= 4 is 5.91 Å². The van der Waals surface area contributed by atoms with Gasteiger partial charge in [-0.05, 0) is 43.7 Å². The second kappa shape index (κ2) is 10.2. The van der Waals surface area contributed by atoms with Crippen LogP contribution in [0.1, 0.15) is 34.8 Å². The SMILES string of the molecule is COc1ccc(-c2cnc(CCC(=O)NCc3c(C)nn(Cc4ccccc4)c3C)o2)cc1. The monoisotopic (exact) mass is 444 g/mol. The molecule has 0 aliphatic carbocycles. The number of nitrogens with zero attached hydrogens (tertiary/aromatic N) is 3. The molecule has 4 rings (SSSR count). The van der Waals surface area contributed by atoms with Gasteiger partial charge in [-0.25, -0.2) is 4.98 Å². The van der Waals surface area contributed by atoms with Gasteiger partial charge in [-0.2, -0.15) is 5.10 Å². The third-order valence-electron chi connectivity index (χ3n) is 5.66. The molecule has 0 radical (unpaired) electrons. The first-order valence-corrected chi connectivity index (χ1v) is 11.0. The molecule has 0 aliphatic rings. The minimum atomic E-state index is -0.0474. The van der Waals surface area contributed by atoms with Gasteiger partial charge in [0.1, 0.15) is 5.75 Å². The fraction of sp³-hybridized carbons (Fsp3) is 0.269. The van der Waals surface area contributed by atoms with Crippen LogP contribution in [-0.4, -0.2) is 27.8 Å². The first kappa shape index (κ1) is 22.3. The summed E-state index contributed by atoms with van der Waals surface area (Å²) >= 11 is 0. The number of rotatable bonds is 9. The van der Waals surface area contributed by atoms with E-state index in [-0.39, 0.29) is 5.91 Å². The molecule has 7 nitrogen and oxygen atoms in total. The normalized spacial score (nSPS) is 10.9. The number of benzene rings is 2. The average Bonchev–Trinajstić information content (AvgIpc) is 3.41. The molecule has 0 saturated carbocycles. The molecule has 0 bridgehead atoms. The van der Waals surface area contributed by atoms with Crippen LogP contribution < -0.4 is 10.1 Å². The van der Waals surface area contributed by atoms with Crippen LogP contribution in [0.3, 0.4) is 0 Å². The first-order chi connectivity index (χ1) is 16.0. The Morgan fingerprint density at radius 1 is 1.09 bits per heavy atom. The van der Waals surface area contributed by atoms with Gasteiger partial charge >= 0.3 is 0 Å². The van der Waals surface area contributed by atoms with Crippen molar-refractivity contribution in [2.24, 2.45) is 0 Å². The van der Waals surface area contributed by atoms with Crippen LogP contribution in [0.25, 0.3) is 11.3 Å². The molecule has 1 N–H and O–H groups in total. The summed E-state index contributed by atoms with van der Waals surface area (Å²) in [6.45, 7) is 5.18. The number of carbonyl (C=O) groups is 1. The van der Waals surface area contributed by atoms with Gasteiger partial charge in [0, 0.05) is 36.2 Å². The standard InChI is InChI=1S/C26H28N4O3/c1-18-23(19(2)30(29-18)17-20-7-5-4-6-8-20)15-27-25(31)13-14-26-28-16-24(33-26)21-9-11-22(32-3)12-10-21/h4-12,16H,13-15,17H2,1-3H3,(H,27,31). The van der Waals surface area contributed by atoms with Crippen LogP contribution in [0.2, 0.25) is 0 Å². The maximum absolute atomic E-state index is 12.4. The fourth-order valence-electron chi connectivity index (χ4n) is 3.71. The number of ether oxygens (including phenoxy) is 1. The van der Waals surface area contributed by atoms with Crippen molar-refractivity contribution in [3.8, 4) is 17.1 Å². The summed E-state index contributed by atoms with van der Waals surface area (Å²) < 4.78 is 13.0. The molecule has 0 unspecified atom stereocenters. The van der Waals surface area contributed by atoms with Crippen LogP contribution in [0.15, 0.2) is 65.2 Å². The van der Waals surface area contributed by atoms with Crippen molar-refractivity contribution < 1.29 is 13.9 Å². The highest BCUT2D eigenvalue weighted by Gasteiger charge is 2.14. The Morgan fingerprint density at radius 3 is 2.58 bits per heavy atom. The number of carbonyl (C=O) groups excluding carboxylic acids is 1. The molecule has 2 aromatic carbocycles. The lowest BCUT2D eigenvalue weighted by molar-refractivity contribution is -0.121. The summed E-state index contributed by atoms with van der Waals surface area (Å²) in [5, 5.41) is 7.66. The van der Waals surface area contributed by atoms with E-state index in [1.165, 1.54) is 5.56 Å². The zero-order chi connectivity index (χ0) is 23.2. The van der Waals surface area contributed by atoms with Gasteiger partial charge in [0.25, 0.3) is 0 Å². The first-order valence-electron chi connectivity index (χ1n) is 11.0. The molecule has 0 spiro atoms. The van der Waals surface area contributed by atoms with E-state index in [1.54, 1.807) is 13.3 Å². The zero-order valence-electron chi connectivity index (χ0n) is 19.2. The largest absolute Gasteiger partial charge is 0.497 e. The van der Waals surface area contributed by atoms with Gasteiger partial charge in [0.05, 0.1) is 25.5 Å². The van der Waals surface area contributed by atoms with Crippen molar-refractivity contribution in [1.29, 1.82) is 0 Å². The Kier molecular flexibility index (Phi) is 6.88. The molecule has 2 aromatic heterocycles. The van der Waals surface area contributed by atoms with E-state index >= 15 is 0 Å². The molecule has 0 fully saturated rings. The Morgan fingerprint density at radius 2 is 1.85 bits per heavy atom. The van der Waals surface area contributed by atoms with Gasteiger partial charge in [0.2, 0.25) is 5.91 Å². The molecular weight excluding hydrogens is 416 g/mol. The molecule has 33 heavy (non-hydrogen) atoms. The highest BCUT2D eigenvalue weighted by atomic mass is 16.5. The Labute approximate surface area is 193 Å². The van der Waals surface area contributed by atoms with Gasteiger partial charge in [0.15, 0.2) is 11.7 Å².